The molecule has 0 bridgehead atoms. The Balaban J connectivity index is 1.88. The lowest BCUT2D eigenvalue weighted by atomic mass is 9.63. The quantitative estimate of drug-likeness (QED) is 0.334. The predicted molar refractivity (Wildman–Crippen MR) is 144 cm³/mol. The summed E-state index contributed by atoms with van der Waals surface area (Å²) in [6, 6.07) is 8.18. The second-order valence-corrected chi connectivity index (χ2v) is 10.4. The van der Waals surface area contributed by atoms with Gasteiger partial charge in [0.15, 0.2) is 11.4 Å². The molecular weight excluding hydrogens is 517 g/mol. The molecule has 3 atom stereocenters. The van der Waals surface area contributed by atoms with E-state index in [0.717, 1.165) is 5.56 Å². The van der Waals surface area contributed by atoms with E-state index in [1.807, 2.05) is 44.2 Å². The van der Waals surface area contributed by atoms with Crippen molar-refractivity contribution in [2.45, 2.75) is 76.8 Å². The number of carboxylic acid groups (broad SMARTS) is 1. The standard InChI is InChI=1S/C28H34BN3O8/c1-4-21(33)15-28(27(37)38)16-25(35)39-29(40-28)20(12-18(2)3)14-24(34)22(13-19-8-6-5-7-9-19)32-26(36)23-17-30-10-11-31-23/h5-11,17-18,20,22H,4,12-16H2,1-3H3,(H,32,36)(H,37,38)/t20-,22+,28-/m1/s1. The molecule has 1 amide bonds. The maximum absolute atomic E-state index is 13.7. The number of nitrogens with one attached hydrogen (secondary N) is 1. The number of rotatable bonds is 14. The summed E-state index contributed by atoms with van der Waals surface area (Å²) in [7, 11) is -1.36. The number of Topliss-reactive ketones (excluding diaryl/α,β-unsaturated/α-hetero) is 2. The molecule has 12 heteroatoms. The van der Waals surface area contributed by atoms with E-state index < -0.39 is 55.3 Å². The van der Waals surface area contributed by atoms with Crippen molar-refractivity contribution in [2.24, 2.45) is 5.92 Å². The minimum Gasteiger partial charge on any atom is -0.509 e. The van der Waals surface area contributed by atoms with E-state index >= 15 is 0 Å². The van der Waals surface area contributed by atoms with Gasteiger partial charge in [-0.05, 0) is 24.3 Å². The van der Waals surface area contributed by atoms with Gasteiger partial charge in [-0.25, -0.2) is 9.78 Å². The normalized spacial score (nSPS) is 18.5. The molecule has 0 unspecified atom stereocenters. The number of nitrogens with zero attached hydrogens (tertiary/aromatic N) is 2. The Hall–Kier alpha value is -3.93. The summed E-state index contributed by atoms with van der Waals surface area (Å²) < 4.78 is 11.3. The summed E-state index contributed by atoms with van der Waals surface area (Å²) in [5.41, 5.74) is -1.22. The fraction of sp³-hybridized carbons (Fsp3) is 0.464. The number of aliphatic carboxylic acids is 1. The molecule has 0 aliphatic carbocycles. The number of aromatic nitrogens is 2. The zero-order chi connectivity index (χ0) is 29.3. The van der Waals surface area contributed by atoms with Crippen LogP contribution in [0.4, 0.5) is 0 Å². The molecule has 40 heavy (non-hydrogen) atoms. The molecule has 2 N–H and O–H groups in total. The average molecular weight is 551 g/mol. The van der Waals surface area contributed by atoms with Gasteiger partial charge >= 0.3 is 13.1 Å². The molecule has 2 aromatic rings. The molecule has 0 spiro atoms. The van der Waals surface area contributed by atoms with Crippen LogP contribution in [0, 0.1) is 5.92 Å². The minimum atomic E-state index is -2.07. The molecule has 1 aromatic carbocycles. The Morgan fingerprint density at radius 3 is 2.48 bits per heavy atom. The van der Waals surface area contributed by atoms with E-state index in [9.17, 15) is 29.1 Å². The number of carboxylic acids is 1. The first-order valence-corrected chi connectivity index (χ1v) is 13.3. The highest BCUT2D eigenvalue weighted by molar-refractivity contribution is 6.50. The minimum absolute atomic E-state index is 0.0280. The molecule has 1 fully saturated rings. The monoisotopic (exact) mass is 551 g/mol. The van der Waals surface area contributed by atoms with Crippen LogP contribution in [0.25, 0.3) is 0 Å². The molecule has 212 valence electrons. The Morgan fingerprint density at radius 1 is 1.15 bits per heavy atom. The van der Waals surface area contributed by atoms with Gasteiger partial charge in [-0.1, -0.05) is 51.1 Å². The third kappa shape index (κ3) is 8.29. The second kappa shape index (κ2) is 13.9. The fourth-order valence-corrected chi connectivity index (χ4v) is 4.67. The molecular formula is C28H34BN3O8. The topological polar surface area (TPSA) is 162 Å². The van der Waals surface area contributed by atoms with Crippen molar-refractivity contribution in [2.75, 3.05) is 0 Å². The van der Waals surface area contributed by atoms with Crippen LogP contribution in [-0.4, -0.2) is 63.2 Å². The van der Waals surface area contributed by atoms with Gasteiger partial charge in [0.1, 0.15) is 11.5 Å². The van der Waals surface area contributed by atoms with Crippen molar-refractivity contribution in [1.82, 2.24) is 15.3 Å². The SMILES string of the molecule is CCC(=O)C[C@]1(C(=O)O)CC(=O)OB([C@@H](CC(=O)[C@H](Cc2ccccc2)NC(=O)c2cnccn2)CC(C)C)O1. The van der Waals surface area contributed by atoms with Crippen LogP contribution in [0.15, 0.2) is 48.9 Å². The van der Waals surface area contributed by atoms with Crippen LogP contribution in [0.3, 0.4) is 0 Å². The molecule has 1 aromatic heterocycles. The van der Waals surface area contributed by atoms with E-state index in [-0.39, 0.29) is 42.4 Å². The van der Waals surface area contributed by atoms with Crippen molar-refractivity contribution < 1.29 is 38.4 Å². The number of carbonyl (C=O) groups excluding carboxylic acids is 4. The Kier molecular flexibility index (Phi) is 10.7. The molecule has 11 nitrogen and oxygen atoms in total. The number of carbonyl (C=O) groups is 5. The Bertz CT molecular complexity index is 1210. The largest absolute Gasteiger partial charge is 0.531 e. The summed E-state index contributed by atoms with van der Waals surface area (Å²) >= 11 is 0. The maximum atomic E-state index is 13.7. The number of amides is 1. The van der Waals surface area contributed by atoms with Gasteiger partial charge < -0.3 is 19.7 Å². The Morgan fingerprint density at radius 2 is 1.88 bits per heavy atom. The summed E-state index contributed by atoms with van der Waals surface area (Å²) in [6.45, 7) is 5.41. The van der Waals surface area contributed by atoms with Gasteiger partial charge in [0, 0.05) is 37.5 Å². The van der Waals surface area contributed by atoms with E-state index in [2.05, 4.69) is 15.3 Å². The first-order chi connectivity index (χ1) is 19.0. The van der Waals surface area contributed by atoms with Gasteiger partial charge in [0.25, 0.3) is 11.9 Å². The van der Waals surface area contributed by atoms with Crippen LogP contribution in [0.2, 0.25) is 5.82 Å². The van der Waals surface area contributed by atoms with E-state index in [1.54, 1.807) is 6.92 Å². The van der Waals surface area contributed by atoms with Crippen LogP contribution in [0.1, 0.15) is 68.9 Å². The fourth-order valence-electron chi connectivity index (χ4n) is 4.67. The zero-order valence-electron chi connectivity index (χ0n) is 22.9. The lowest BCUT2D eigenvalue weighted by molar-refractivity contribution is -0.172. The number of hydrogen-bond donors (Lipinski definition) is 2. The van der Waals surface area contributed by atoms with Crippen LogP contribution in [-0.2, 0) is 34.9 Å². The molecule has 2 heterocycles. The highest BCUT2D eigenvalue weighted by Crippen LogP contribution is 2.36. The van der Waals surface area contributed by atoms with Crippen LogP contribution >= 0.6 is 0 Å². The van der Waals surface area contributed by atoms with Gasteiger partial charge in [-0.3, -0.25) is 24.2 Å². The number of ketones is 2. The molecule has 1 saturated heterocycles. The second-order valence-electron chi connectivity index (χ2n) is 10.4. The zero-order valence-corrected chi connectivity index (χ0v) is 22.9. The Labute approximate surface area is 233 Å². The summed E-state index contributed by atoms with van der Waals surface area (Å²) in [5, 5.41) is 12.7. The van der Waals surface area contributed by atoms with Crippen molar-refractivity contribution in [3.05, 3.63) is 60.2 Å². The van der Waals surface area contributed by atoms with Crippen molar-refractivity contribution in [3.8, 4) is 0 Å². The summed E-state index contributed by atoms with van der Waals surface area (Å²) in [6.07, 6.45) is 3.44. The molecule has 0 saturated carbocycles. The summed E-state index contributed by atoms with van der Waals surface area (Å²) in [4.78, 5) is 71.6. The highest BCUT2D eigenvalue weighted by Gasteiger charge is 2.54. The molecule has 1 aliphatic heterocycles. The average Bonchev–Trinajstić information content (AvgIpc) is 2.92. The van der Waals surface area contributed by atoms with Crippen LogP contribution < -0.4 is 5.32 Å². The van der Waals surface area contributed by atoms with Crippen LogP contribution in [0.5, 0.6) is 0 Å². The third-order valence-corrected chi connectivity index (χ3v) is 6.68. The van der Waals surface area contributed by atoms with Crippen molar-refractivity contribution >= 4 is 36.5 Å². The van der Waals surface area contributed by atoms with Gasteiger partial charge in [0.2, 0.25) is 0 Å². The smallest absolute Gasteiger partial charge is 0.509 e. The lowest BCUT2D eigenvalue weighted by Gasteiger charge is -2.38. The van der Waals surface area contributed by atoms with E-state index in [1.165, 1.54) is 18.6 Å². The van der Waals surface area contributed by atoms with Crippen molar-refractivity contribution in [1.29, 1.82) is 0 Å². The first kappa shape index (κ1) is 30.6. The van der Waals surface area contributed by atoms with E-state index in [4.69, 9.17) is 9.31 Å². The lowest BCUT2D eigenvalue weighted by Crippen LogP contribution is -2.56. The summed E-state index contributed by atoms with van der Waals surface area (Å²) in [5.74, 6) is -4.26. The predicted octanol–water partition coefficient (Wildman–Crippen LogP) is 2.84. The molecule has 1 aliphatic rings. The van der Waals surface area contributed by atoms with Gasteiger partial charge in [-0.2, -0.15) is 0 Å². The first-order valence-electron chi connectivity index (χ1n) is 13.3. The highest BCUT2D eigenvalue weighted by atomic mass is 16.6. The molecule has 3 rings (SSSR count). The van der Waals surface area contributed by atoms with Crippen molar-refractivity contribution in [3.63, 3.8) is 0 Å². The number of hydrogen-bond acceptors (Lipinski definition) is 9. The third-order valence-electron chi connectivity index (χ3n) is 6.68. The van der Waals surface area contributed by atoms with Gasteiger partial charge in [-0.15, -0.1) is 0 Å². The van der Waals surface area contributed by atoms with Gasteiger partial charge in [0.05, 0.1) is 18.7 Å². The molecule has 0 radical (unpaired) electrons. The maximum Gasteiger partial charge on any atom is 0.531 e. The number of benzene rings is 1. The van der Waals surface area contributed by atoms with E-state index in [0.29, 0.717) is 6.42 Å².